The van der Waals surface area contributed by atoms with Crippen LogP contribution < -0.4 is 5.32 Å². The molecule has 5 rings (SSSR count). The number of nitrogens with zero attached hydrogens (tertiary/aromatic N) is 3. The first-order valence-electron chi connectivity index (χ1n) is 7.10. The minimum absolute atomic E-state index is 0.407. The summed E-state index contributed by atoms with van der Waals surface area (Å²) in [5.41, 5.74) is 2.49. The largest absolute Gasteiger partial charge is 0.345 e. The molecule has 19 heavy (non-hydrogen) atoms. The van der Waals surface area contributed by atoms with E-state index in [0.29, 0.717) is 6.04 Å². The van der Waals surface area contributed by atoms with Gasteiger partial charge in [-0.25, -0.2) is 4.98 Å². The summed E-state index contributed by atoms with van der Waals surface area (Å²) in [6, 6.07) is 0.407. The molecule has 3 fully saturated rings. The molecule has 102 valence electrons. The van der Waals surface area contributed by atoms with Crippen molar-refractivity contribution in [2.45, 2.75) is 19.0 Å². The van der Waals surface area contributed by atoms with Gasteiger partial charge in [0.2, 0.25) is 0 Å². The molecule has 0 aromatic carbocycles. The second-order valence-electron chi connectivity index (χ2n) is 5.66. The maximum atomic E-state index is 5.48. The first-order valence-corrected chi connectivity index (χ1v) is 7.51. The van der Waals surface area contributed by atoms with Crippen LogP contribution in [0.25, 0.3) is 0 Å². The fourth-order valence-corrected chi connectivity index (χ4v) is 3.71. The summed E-state index contributed by atoms with van der Waals surface area (Å²) in [6.07, 6.45) is 1.03. The molecular weight excluding hydrogens is 258 g/mol. The van der Waals surface area contributed by atoms with Crippen LogP contribution in [0.2, 0.25) is 0 Å². The molecule has 0 radical (unpaired) electrons. The number of aromatic nitrogens is 2. The topological polar surface area (TPSA) is 47.2 Å². The molecule has 1 aromatic heterocycles. The van der Waals surface area contributed by atoms with Gasteiger partial charge in [-0.1, -0.05) is 12.2 Å². The van der Waals surface area contributed by atoms with Gasteiger partial charge in [0.05, 0.1) is 6.04 Å². The van der Waals surface area contributed by atoms with Gasteiger partial charge in [0.15, 0.2) is 0 Å². The van der Waals surface area contributed by atoms with Crippen molar-refractivity contribution in [1.82, 2.24) is 25.1 Å². The molecule has 0 aliphatic carbocycles. The Morgan fingerprint density at radius 2 is 2.05 bits per heavy atom. The molecule has 2 bridgehead atoms. The van der Waals surface area contributed by atoms with Gasteiger partial charge in [-0.3, -0.25) is 9.80 Å². The number of nitrogens with one attached hydrogen (secondary N) is 2. The summed E-state index contributed by atoms with van der Waals surface area (Å²) >= 11 is 5.48. The van der Waals surface area contributed by atoms with Gasteiger partial charge in [-0.2, -0.15) is 0 Å². The number of piperazine rings is 3. The zero-order valence-corrected chi connectivity index (χ0v) is 11.8. The summed E-state index contributed by atoms with van der Waals surface area (Å²) in [5, 5.41) is 3.36. The number of H-pyrrole nitrogens is 1. The third-order valence-electron chi connectivity index (χ3n) is 4.57. The Morgan fingerprint density at radius 3 is 2.79 bits per heavy atom. The van der Waals surface area contributed by atoms with E-state index in [9.17, 15) is 0 Å². The summed E-state index contributed by atoms with van der Waals surface area (Å²) in [7, 11) is 0. The molecule has 2 N–H and O–H groups in total. The van der Waals surface area contributed by atoms with E-state index in [1.165, 1.54) is 24.3 Å². The predicted molar refractivity (Wildman–Crippen MR) is 75.6 cm³/mol. The van der Waals surface area contributed by atoms with Crippen LogP contribution in [0.3, 0.4) is 0 Å². The van der Waals surface area contributed by atoms with E-state index >= 15 is 0 Å². The van der Waals surface area contributed by atoms with Gasteiger partial charge in [0, 0.05) is 63.5 Å². The van der Waals surface area contributed by atoms with E-state index < -0.39 is 0 Å². The number of aromatic amines is 1. The van der Waals surface area contributed by atoms with Gasteiger partial charge in [-0.15, -0.1) is 0 Å². The maximum Gasteiger partial charge on any atom is 0.134 e. The molecule has 1 aromatic rings. The first-order chi connectivity index (χ1) is 9.31. The van der Waals surface area contributed by atoms with Crippen molar-refractivity contribution in [2.75, 3.05) is 39.3 Å². The predicted octanol–water partition coefficient (Wildman–Crippen LogP) is 0.457. The van der Waals surface area contributed by atoms with E-state index in [2.05, 4.69) is 25.1 Å². The van der Waals surface area contributed by atoms with E-state index in [0.717, 1.165) is 49.6 Å². The second-order valence-corrected chi connectivity index (χ2v) is 6.05. The molecule has 0 amide bonds. The number of hydrogen-bond donors (Lipinski definition) is 2. The molecular formula is C13H19N5S. The van der Waals surface area contributed by atoms with Crippen molar-refractivity contribution >= 4 is 12.2 Å². The highest BCUT2D eigenvalue weighted by molar-refractivity contribution is 7.71. The zero-order valence-electron chi connectivity index (χ0n) is 11.0. The maximum absolute atomic E-state index is 5.48. The van der Waals surface area contributed by atoms with E-state index in [1.807, 2.05) is 0 Å². The van der Waals surface area contributed by atoms with Crippen LogP contribution in [-0.4, -0.2) is 59.0 Å². The standard InChI is InChI=1S/C13H19N5S/c19-13-9-7-14-2-1-10(9)15-12(16-13)11-8-17-3-5-18(11)6-4-17/h11,14H,1-8H2,(H,15,16,19). The van der Waals surface area contributed by atoms with Crippen molar-refractivity contribution in [1.29, 1.82) is 0 Å². The lowest BCUT2D eigenvalue weighted by atomic mass is 10.1. The van der Waals surface area contributed by atoms with Gasteiger partial charge < -0.3 is 10.3 Å². The van der Waals surface area contributed by atoms with Gasteiger partial charge in [-0.05, 0) is 0 Å². The highest BCUT2D eigenvalue weighted by Gasteiger charge is 2.34. The Bertz CT molecular complexity index is 546. The Kier molecular flexibility index (Phi) is 2.91. The molecule has 1 atom stereocenters. The van der Waals surface area contributed by atoms with Crippen molar-refractivity contribution < 1.29 is 0 Å². The third kappa shape index (κ3) is 2.03. The van der Waals surface area contributed by atoms with Gasteiger partial charge in [0.25, 0.3) is 0 Å². The van der Waals surface area contributed by atoms with E-state index in [-0.39, 0.29) is 0 Å². The summed E-state index contributed by atoms with van der Waals surface area (Å²) in [5.74, 6) is 1.08. The molecule has 4 aliphatic rings. The highest BCUT2D eigenvalue weighted by atomic mass is 32.1. The van der Waals surface area contributed by atoms with Crippen LogP contribution in [0.4, 0.5) is 0 Å². The summed E-state index contributed by atoms with van der Waals surface area (Å²) in [6.45, 7) is 7.70. The fraction of sp³-hybridized carbons (Fsp3) is 0.692. The second kappa shape index (κ2) is 4.63. The van der Waals surface area contributed by atoms with Crippen LogP contribution in [-0.2, 0) is 13.0 Å². The first kappa shape index (κ1) is 12.0. The summed E-state index contributed by atoms with van der Waals surface area (Å²) in [4.78, 5) is 13.3. The van der Waals surface area contributed by atoms with E-state index in [1.54, 1.807) is 0 Å². The van der Waals surface area contributed by atoms with Crippen LogP contribution in [0, 0.1) is 4.64 Å². The summed E-state index contributed by atoms with van der Waals surface area (Å²) < 4.78 is 0.786. The van der Waals surface area contributed by atoms with Crippen LogP contribution in [0.5, 0.6) is 0 Å². The van der Waals surface area contributed by atoms with Crippen LogP contribution in [0.15, 0.2) is 0 Å². The van der Waals surface area contributed by atoms with Gasteiger partial charge in [0.1, 0.15) is 10.5 Å². The molecule has 0 saturated carbocycles. The average Bonchev–Trinajstić information content (AvgIpc) is 2.48. The Labute approximate surface area is 118 Å². The molecule has 5 nitrogen and oxygen atoms in total. The fourth-order valence-electron chi connectivity index (χ4n) is 3.42. The highest BCUT2D eigenvalue weighted by Crippen LogP contribution is 2.27. The average molecular weight is 277 g/mol. The Hall–Kier alpha value is -0.820. The smallest absolute Gasteiger partial charge is 0.134 e. The van der Waals surface area contributed by atoms with Gasteiger partial charge >= 0.3 is 0 Å². The Morgan fingerprint density at radius 1 is 1.21 bits per heavy atom. The van der Waals surface area contributed by atoms with Crippen LogP contribution in [0.1, 0.15) is 23.1 Å². The van der Waals surface area contributed by atoms with Crippen LogP contribution >= 0.6 is 12.2 Å². The molecule has 5 heterocycles. The molecule has 0 spiro atoms. The monoisotopic (exact) mass is 277 g/mol. The normalized spacial score (nSPS) is 33.2. The lowest BCUT2D eigenvalue weighted by Crippen LogP contribution is -2.57. The third-order valence-corrected chi connectivity index (χ3v) is 4.91. The SMILES string of the molecule is S=c1nc(C2CN3CCN2CC3)[nH]c2c1CNCC2. The molecule has 1 unspecified atom stereocenters. The number of hydrogen-bond acceptors (Lipinski definition) is 5. The van der Waals surface area contributed by atoms with E-state index in [4.69, 9.17) is 12.2 Å². The quantitative estimate of drug-likeness (QED) is 0.730. The minimum Gasteiger partial charge on any atom is -0.345 e. The molecule has 4 aliphatic heterocycles. The van der Waals surface area contributed by atoms with Crippen molar-refractivity contribution in [3.8, 4) is 0 Å². The van der Waals surface area contributed by atoms with Crippen molar-refractivity contribution in [2.24, 2.45) is 0 Å². The Balaban J connectivity index is 1.72. The van der Waals surface area contributed by atoms with Crippen molar-refractivity contribution in [3.63, 3.8) is 0 Å². The lowest BCUT2D eigenvalue weighted by Gasteiger charge is -2.47. The minimum atomic E-state index is 0.407. The number of rotatable bonds is 1. The zero-order chi connectivity index (χ0) is 12.8. The molecule has 6 heteroatoms. The lowest BCUT2D eigenvalue weighted by molar-refractivity contribution is 0.00847. The molecule has 3 saturated heterocycles. The number of fused-ring (bicyclic) bond motifs is 4. The van der Waals surface area contributed by atoms with Crippen molar-refractivity contribution in [3.05, 3.63) is 21.7 Å².